The molecular formula is C19H18FN5O4S. The summed E-state index contributed by atoms with van der Waals surface area (Å²) in [7, 11) is 1.69. The van der Waals surface area contributed by atoms with Gasteiger partial charge in [-0.3, -0.25) is 14.5 Å². The van der Waals surface area contributed by atoms with Crippen LogP contribution < -0.4 is 25.8 Å². The molecule has 0 aliphatic carbocycles. The van der Waals surface area contributed by atoms with Crippen LogP contribution in [-0.2, 0) is 0 Å². The second-order valence-corrected chi connectivity index (χ2v) is 8.36. The van der Waals surface area contributed by atoms with Crippen molar-refractivity contribution in [2.45, 2.75) is 12.0 Å². The summed E-state index contributed by atoms with van der Waals surface area (Å²) in [5.74, 6) is -1.85. The van der Waals surface area contributed by atoms with Crippen LogP contribution in [0.5, 0.6) is 5.75 Å². The topological polar surface area (TPSA) is 114 Å². The van der Waals surface area contributed by atoms with E-state index in [2.05, 4.69) is 4.98 Å². The highest BCUT2D eigenvalue weighted by atomic mass is 32.1. The minimum absolute atomic E-state index is 0.0438. The summed E-state index contributed by atoms with van der Waals surface area (Å²) in [6.07, 6.45) is 2.96. The van der Waals surface area contributed by atoms with Crippen molar-refractivity contribution in [3.05, 3.63) is 50.5 Å². The number of carbonyl (C=O) groups is 1. The van der Waals surface area contributed by atoms with Gasteiger partial charge < -0.3 is 20.5 Å². The van der Waals surface area contributed by atoms with E-state index in [1.54, 1.807) is 18.3 Å². The van der Waals surface area contributed by atoms with Gasteiger partial charge in [-0.15, -0.1) is 11.3 Å². The third kappa shape index (κ3) is 2.66. The van der Waals surface area contributed by atoms with Gasteiger partial charge in [0.25, 0.3) is 0 Å². The Morgan fingerprint density at radius 3 is 2.93 bits per heavy atom. The number of benzene rings is 1. The molecule has 2 aliphatic rings. The van der Waals surface area contributed by atoms with E-state index in [4.69, 9.17) is 10.5 Å². The van der Waals surface area contributed by atoms with Gasteiger partial charge >= 0.3 is 5.97 Å². The molecular weight excluding hydrogens is 413 g/mol. The zero-order chi connectivity index (χ0) is 21.2. The number of rotatable bonds is 3. The number of thiazole rings is 1. The Morgan fingerprint density at radius 2 is 2.23 bits per heavy atom. The lowest BCUT2D eigenvalue weighted by Crippen LogP contribution is -2.40. The van der Waals surface area contributed by atoms with Crippen LogP contribution in [0.4, 0.5) is 10.1 Å². The third-order valence-corrected chi connectivity index (χ3v) is 6.50. The lowest BCUT2D eigenvalue weighted by Gasteiger charge is -2.33. The summed E-state index contributed by atoms with van der Waals surface area (Å²) in [5.41, 5.74) is 5.71. The molecule has 4 heterocycles. The van der Waals surface area contributed by atoms with Crippen LogP contribution in [0.1, 0.15) is 21.3 Å². The maximum absolute atomic E-state index is 15.3. The highest BCUT2D eigenvalue weighted by molar-refractivity contribution is 7.09. The van der Waals surface area contributed by atoms with Crippen LogP contribution in [0.3, 0.4) is 0 Å². The highest BCUT2D eigenvalue weighted by Crippen LogP contribution is 2.42. The van der Waals surface area contributed by atoms with Gasteiger partial charge in [0, 0.05) is 49.9 Å². The van der Waals surface area contributed by atoms with Crippen molar-refractivity contribution >= 4 is 33.9 Å². The van der Waals surface area contributed by atoms with Gasteiger partial charge in [0.05, 0.1) is 10.4 Å². The first-order valence-electron chi connectivity index (χ1n) is 9.26. The molecule has 0 radical (unpaired) electrons. The van der Waals surface area contributed by atoms with Crippen LogP contribution >= 0.6 is 11.3 Å². The van der Waals surface area contributed by atoms with Gasteiger partial charge in [-0.05, 0) is 6.07 Å². The van der Waals surface area contributed by atoms with Crippen molar-refractivity contribution in [2.75, 3.05) is 36.8 Å². The molecule has 3 aromatic rings. The summed E-state index contributed by atoms with van der Waals surface area (Å²) in [6.45, 7) is 0.924. The van der Waals surface area contributed by atoms with Gasteiger partial charge in [0.1, 0.15) is 16.8 Å². The Kier molecular flexibility index (Phi) is 4.19. The zero-order valence-electron chi connectivity index (χ0n) is 15.9. The second-order valence-electron chi connectivity index (χ2n) is 7.43. The first kappa shape index (κ1) is 18.8. The molecule has 2 aromatic heterocycles. The van der Waals surface area contributed by atoms with Crippen LogP contribution in [0.25, 0.3) is 10.9 Å². The normalized spacial score (nSPS) is 20.6. The average Bonchev–Trinajstić information content (AvgIpc) is 3.35. The van der Waals surface area contributed by atoms with Crippen LogP contribution in [-0.4, -0.2) is 53.6 Å². The highest BCUT2D eigenvalue weighted by Gasteiger charge is 2.37. The number of carboxylic acid groups (broad SMARTS) is 1. The number of nitrogens with two attached hydrogens (primary N) is 1. The Hall–Kier alpha value is -3.18. The average molecular weight is 431 g/mol. The molecule has 0 amide bonds. The minimum Gasteiger partial charge on any atom is -0.477 e. The number of aromatic nitrogens is 2. The van der Waals surface area contributed by atoms with E-state index in [1.807, 2.05) is 10.3 Å². The molecule has 0 spiro atoms. The van der Waals surface area contributed by atoms with E-state index in [0.717, 1.165) is 11.1 Å². The van der Waals surface area contributed by atoms with Crippen LogP contribution in [0, 0.1) is 5.82 Å². The van der Waals surface area contributed by atoms with Crippen molar-refractivity contribution in [3.8, 4) is 5.75 Å². The molecule has 5 rings (SSSR count). The molecule has 156 valence electrons. The van der Waals surface area contributed by atoms with Gasteiger partial charge in [0.2, 0.25) is 5.43 Å². The van der Waals surface area contributed by atoms with Crippen molar-refractivity contribution in [1.29, 1.82) is 0 Å². The molecule has 3 N–H and O–H groups in total. The van der Waals surface area contributed by atoms with E-state index in [0.29, 0.717) is 18.6 Å². The van der Waals surface area contributed by atoms with E-state index < -0.39 is 22.8 Å². The molecule has 9 nitrogen and oxygen atoms in total. The molecule has 2 atom stereocenters. The number of halogens is 1. The Balaban J connectivity index is 1.70. The zero-order valence-corrected chi connectivity index (χ0v) is 16.7. The standard InChI is InChI=1S/C19H18FN5O4S/c1-23-8-29-17-14-9(16(26)11(19(27)28)6-25(14)23)4-12(20)15(17)24-5-10(13(21)7-24)18-22-2-3-30-18/h2-4,6,10,13H,5,7-8,21H2,1H3,(H,27,28). The molecule has 11 heteroatoms. The van der Waals surface area contributed by atoms with Crippen molar-refractivity contribution in [2.24, 2.45) is 5.73 Å². The van der Waals surface area contributed by atoms with E-state index in [-0.39, 0.29) is 35.5 Å². The third-order valence-electron chi connectivity index (χ3n) is 5.60. The first-order valence-corrected chi connectivity index (χ1v) is 10.1. The molecule has 2 unspecified atom stereocenters. The van der Waals surface area contributed by atoms with Gasteiger partial charge in [0.15, 0.2) is 18.3 Å². The van der Waals surface area contributed by atoms with Gasteiger partial charge in [-0.1, -0.05) is 0 Å². The van der Waals surface area contributed by atoms with Crippen molar-refractivity contribution < 1.29 is 19.0 Å². The van der Waals surface area contributed by atoms with Gasteiger partial charge in [-0.25, -0.2) is 14.2 Å². The number of aromatic carboxylic acids is 1. The number of nitrogens with zero attached hydrogens (tertiary/aromatic N) is 4. The number of hydrogen-bond acceptors (Lipinski definition) is 8. The minimum atomic E-state index is -1.37. The predicted octanol–water partition coefficient (Wildman–Crippen LogP) is 1.14. The lowest BCUT2D eigenvalue weighted by atomic mass is 10.1. The number of ether oxygens (including phenoxy) is 1. The molecule has 1 aromatic carbocycles. The summed E-state index contributed by atoms with van der Waals surface area (Å²) in [5, 5.41) is 13.7. The van der Waals surface area contributed by atoms with E-state index in [1.165, 1.54) is 22.2 Å². The fourth-order valence-electron chi connectivity index (χ4n) is 4.16. The van der Waals surface area contributed by atoms with Crippen molar-refractivity contribution in [1.82, 2.24) is 9.66 Å². The fourth-order valence-corrected chi connectivity index (χ4v) is 4.97. The lowest BCUT2D eigenvalue weighted by molar-refractivity contribution is 0.0694. The summed E-state index contributed by atoms with van der Waals surface area (Å²) in [4.78, 5) is 30.4. The maximum atomic E-state index is 15.3. The van der Waals surface area contributed by atoms with Crippen molar-refractivity contribution in [3.63, 3.8) is 0 Å². The quantitative estimate of drug-likeness (QED) is 0.635. The number of hydrogen-bond donors (Lipinski definition) is 2. The van der Waals surface area contributed by atoms with Gasteiger partial charge in [-0.2, -0.15) is 0 Å². The maximum Gasteiger partial charge on any atom is 0.341 e. The SMILES string of the molecule is CN1COc2c(N3CC(N)C(c4nccs4)C3)c(F)cc3c(=O)c(C(=O)O)cn1c23. The number of pyridine rings is 1. The molecule has 1 fully saturated rings. The summed E-state index contributed by atoms with van der Waals surface area (Å²) in [6, 6.07) is 0.853. The van der Waals surface area contributed by atoms with E-state index >= 15 is 4.39 Å². The molecule has 0 bridgehead atoms. The largest absolute Gasteiger partial charge is 0.477 e. The van der Waals surface area contributed by atoms with Crippen LogP contribution in [0.2, 0.25) is 0 Å². The summed E-state index contributed by atoms with van der Waals surface area (Å²) >= 11 is 1.51. The second kappa shape index (κ2) is 6.67. The molecule has 30 heavy (non-hydrogen) atoms. The smallest absolute Gasteiger partial charge is 0.341 e. The molecule has 1 saturated heterocycles. The predicted molar refractivity (Wildman–Crippen MR) is 110 cm³/mol. The molecule has 0 saturated carbocycles. The summed E-state index contributed by atoms with van der Waals surface area (Å²) < 4.78 is 22.7. The Bertz CT molecular complexity index is 1230. The fraction of sp³-hybridized carbons (Fsp3) is 0.316. The Labute approximate surface area is 173 Å². The Morgan fingerprint density at radius 1 is 1.43 bits per heavy atom. The molecule has 2 aliphatic heterocycles. The number of anilines is 1. The van der Waals surface area contributed by atoms with E-state index in [9.17, 15) is 14.7 Å². The first-order chi connectivity index (χ1) is 14.4. The van der Waals surface area contributed by atoms with Crippen LogP contribution in [0.15, 0.2) is 28.6 Å². The monoisotopic (exact) mass is 431 g/mol. The number of carboxylic acids is 1.